The molecule has 0 aromatic heterocycles. The molecule has 52 heavy (non-hydrogen) atoms. The lowest BCUT2D eigenvalue weighted by atomic mass is 10.0. The van der Waals surface area contributed by atoms with Gasteiger partial charge in [-0.1, -0.05) is 211 Å². The van der Waals surface area contributed by atoms with Crippen LogP contribution in [-0.2, 0) is 22.1 Å². The third-order valence-electron chi connectivity index (χ3n) is 10.2. The van der Waals surface area contributed by atoms with Crippen molar-refractivity contribution in [3.8, 4) is 0 Å². The molecule has 0 saturated heterocycles. The Morgan fingerprint density at radius 2 is 0.654 bits per heavy atom. The quantitative estimate of drug-likeness (QED) is 0.0936. The van der Waals surface area contributed by atoms with Crippen molar-refractivity contribution < 1.29 is 13.6 Å². The molecule has 0 saturated carbocycles. The molecule has 0 unspecified atom stereocenters. The SMILES string of the molecule is CC(C)(C)[Si](OCc1ccc(C(=O)c2ccc(CO[Si](c3ccccc3)(c3ccccc3)C(C)(C)C)cc2)cc1)(c1ccccc1)c1ccccc1. The lowest BCUT2D eigenvalue weighted by Crippen LogP contribution is -2.66. The monoisotopic (exact) mass is 718 g/mol. The zero-order valence-corrected chi connectivity index (χ0v) is 33.3. The van der Waals surface area contributed by atoms with Crippen LogP contribution in [0.4, 0.5) is 0 Å². The minimum Gasteiger partial charge on any atom is -0.403 e. The highest BCUT2D eigenvalue weighted by atomic mass is 28.4. The van der Waals surface area contributed by atoms with E-state index in [-0.39, 0.29) is 15.9 Å². The predicted molar refractivity (Wildman–Crippen MR) is 221 cm³/mol. The Morgan fingerprint density at radius 1 is 0.404 bits per heavy atom. The molecule has 0 atom stereocenters. The van der Waals surface area contributed by atoms with E-state index in [1.54, 1.807) is 0 Å². The number of rotatable bonds is 12. The van der Waals surface area contributed by atoms with Crippen LogP contribution < -0.4 is 20.7 Å². The second-order valence-electron chi connectivity index (χ2n) is 15.6. The molecule has 6 aromatic rings. The standard InChI is InChI=1S/C47H50O3Si2/c1-46(2,3)51(41-19-11-7-12-20-41,42-21-13-8-14-22-42)49-35-37-27-31-39(32-28-37)45(48)40-33-29-38(30-34-40)36-50-52(47(4,5)6,43-23-15-9-16-24-43)44-25-17-10-18-26-44/h7-34H,35-36H2,1-6H3. The van der Waals surface area contributed by atoms with Gasteiger partial charge in [-0.05, 0) is 42.0 Å². The van der Waals surface area contributed by atoms with E-state index in [0.29, 0.717) is 24.3 Å². The molecular formula is C47H50O3Si2. The van der Waals surface area contributed by atoms with Crippen LogP contribution in [0, 0.1) is 0 Å². The molecule has 0 aliphatic carbocycles. The summed E-state index contributed by atoms with van der Waals surface area (Å²) in [7, 11) is -5.34. The van der Waals surface area contributed by atoms with Crippen LogP contribution >= 0.6 is 0 Å². The highest BCUT2D eigenvalue weighted by Gasteiger charge is 2.51. The summed E-state index contributed by atoms with van der Waals surface area (Å²) in [6, 6.07) is 58.5. The van der Waals surface area contributed by atoms with Crippen LogP contribution in [0.3, 0.4) is 0 Å². The highest BCUT2D eigenvalue weighted by molar-refractivity contribution is 7.00. The van der Waals surface area contributed by atoms with Crippen molar-refractivity contribution in [2.24, 2.45) is 0 Å². The zero-order chi connectivity index (χ0) is 36.8. The molecule has 5 heteroatoms. The maximum Gasteiger partial charge on any atom is 0.261 e. The molecule has 6 aromatic carbocycles. The van der Waals surface area contributed by atoms with Crippen LogP contribution in [0.15, 0.2) is 170 Å². The summed E-state index contributed by atoms with van der Waals surface area (Å²) in [5, 5.41) is 4.79. The fourth-order valence-electron chi connectivity index (χ4n) is 7.58. The summed E-state index contributed by atoms with van der Waals surface area (Å²) in [6.45, 7) is 14.6. The first kappa shape index (κ1) is 37.1. The number of hydrogen-bond acceptors (Lipinski definition) is 3. The number of carbonyl (C=O) groups is 1. The second kappa shape index (κ2) is 15.5. The molecule has 0 bridgehead atoms. The Balaban J connectivity index is 1.19. The number of carbonyl (C=O) groups excluding carboxylic acids is 1. The van der Waals surface area contributed by atoms with Crippen LogP contribution in [0.5, 0.6) is 0 Å². The van der Waals surface area contributed by atoms with E-state index in [0.717, 1.165) is 11.1 Å². The average molecular weight is 719 g/mol. The van der Waals surface area contributed by atoms with Gasteiger partial charge in [-0.15, -0.1) is 0 Å². The molecule has 0 aliphatic rings. The Kier molecular flexibility index (Phi) is 11.1. The van der Waals surface area contributed by atoms with Gasteiger partial charge in [-0.3, -0.25) is 4.79 Å². The van der Waals surface area contributed by atoms with Crippen molar-refractivity contribution in [3.63, 3.8) is 0 Å². The van der Waals surface area contributed by atoms with Gasteiger partial charge in [0.2, 0.25) is 0 Å². The van der Waals surface area contributed by atoms with Crippen LogP contribution in [0.2, 0.25) is 10.1 Å². The van der Waals surface area contributed by atoms with Crippen molar-refractivity contribution in [1.82, 2.24) is 0 Å². The average Bonchev–Trinajstić information content (AvgIpc) is 3.16. The van der Waals surface area contributed by atoms with Gasteiger partial charge in [0.1, 0.15) is 0 Å². The van der Waals surface area contributed by atoms with E-state index in [9.17, 15) is 4.79 Å². The smallest absolute Gasteiger partial charge is 0.261 e. The van der Waals surface area contributed by atoms with Crippen LogP contribution in [0.25, 0.3) is 0 Å². The van der Waals surface area contributed by atoms with Gasteiger partial charge in [0.15, 0.2) is 5.78 Å². The fraction of sp³-hybridized carbons (Fsp3) is 0.213. The molecule has 0 spiro atoms. The summed E-state index contributed by atoms with van der Waals surface area (Å²) in [5.41, 5.74) is 3.40. The van der Waals surface area contributed by atoms with Crippen molar-refractivity contribution >= 4 is 43.2 Å². The molecule has 0 fully saturated rings. The maximum atomic E-state index is 13.7. The molecule has 3 nitrogen and oxygen atoms in total. The summed E-state index contributed by atoms with van der Waals surface area (Å²) in [5.74, 6) is -0.00101. The van der Waals surface area contributed by atoms with Crippen molar-refractivity contribution in [3.05, 3.63) is 192 Å². The van der Waals surface area contributed by atoms with Gasteiger partial charge < -0.3 is 8.85 Å². The van der Waals surface area contributed by atoms with E-state index in [4.69, 9.17) is 8.85 Å². The van der Waals surface area contributed by atoms with E-state index in [1.807, 2.05) is 48.5 Å². The molecule has 0 heterocycles. The molecule has 0 amide bonds. The third kappa shape index (κ3) is 7.46. The molecule has 0 N–H and O–H groups in total. The largest absolute Gasteiger partial charge is 0.403 e. The summed E-state index contributed by atoms with van der Waals surface area (Å²) >= 11 is 0. The topological polar surface area (TPSA) is 35.5 Å². The van der Waals surface area contributed by atoms with Gasteiger partial charge in [0.05, 0.1) is 13.2 Å². The maximum absolute atomic E-state index is 13.7. The van der Waals surface area contributed by atoms with Crippen molar-refractivity contribution in [2.45, 2.75) is 64.8 Å². The first-order valence-corrected chi connectivity index (χ1v) is 22.0. The van der Waals surface area contributed by atoms with E-state index in [2.05, 4.69) is 163 Å². The number of ketones is 1. The van der Waals surface area contributed by atoms with Crippen molar-refractivity contribution in [2.75, 3.05) is 0 Å². The normalized spacial score (nSPS) is 12.4. The lowest BCUT2D eigenvalue weighted by Gasteiger charge is -2.43. The predicted octanol–water partition coefficient (Wildman–Crippen LogP) is 9.07. The molecular weight excluding hydrogens is 669 g/mol. The van der Waals surface area contributed by atoms with Gasteiger partial charge in [-0.2, -0.15) is 0 Å². The Bertz CT molecular complexity index is 1800. The Hall–Kier alpha value is -4.66. The van der Waals surface area contributed by atoms with E-state index in [1.165, 1.54) is 20.7 Å². The lowest BCUT2D eigenvalue weighted by molar-refractivity contribution is 0.103. The third-order valence-corrected chi connectivity index (χ3v) is 20.1. The zero-order valence-electron chi connectivity index (χ0n) is 31.3. The van der Waals surface area contributed by atoms with E-state index < -0.39 is 16.6 Å². The van der Waals surface area contributed by atoms with Crippen LogP contribution in [-0.4, -0.2) is 22.4 Å². The summed E-state index contributed by atoms with van der Waals surface area (Å²) in [4.78, 5) is 13.7. The number of benzene rings is 6. The summed E-state index contributed by atoms with van der Waals surface area (Å²) in [6.07, 6.45) is 0. The molecule has 0 aliphatic heterocycles. The Labute approximate surface area is 312 Å². The minimum absolute atomic E-state index is 0.00101. The summed E-state index contributed by atoms with van der Waals surface area (Å²) < 4.78 is 14.2. The Morgan fingerprint density at radius 3 is 0.885 bits per heavy atom. The first-order chi connectivity index (χ1) is 25.0. The van der Waals surface area contributed by atoms with Gasteiger partial charge >= 0.3 is 0 Å². The van der Waals surface area contributed by atoms with E-state index >= 15 is 0 Å². The van der Waals surface area contributed by atoms with Crippen LogP contribution in [0.1, 0.15) is 68.6 Å². The first-order valence-electron chi connectivity index (χ1n) is 18.2. The van der Waals surface area contributed by atoms with Gasteiger partial charge in [0, 0.05) is 11.1 Å². The fourth-order valence-corrected chi connectivity index (χ4v) is 16.7. The molecule has 0 radical (unpaired) electrons. The van der Waals surface area contributed by atoms with Crippen molar-refractivity contribution in [1.29, 1.82) is 0 Å². The molecule has 6 rings (SSSR count). The minimum atomic E-state index is -2.67. The highest BCUT2D eigenvalue weighted by Crippen LogP contribution is 2.38. The molecule has 264 valence electrons. The van der Waals surface area contributed by atoms with Gasteiger partial charge in [0.25, 0.3) is 16.6 Å². The number of hydrogen-bond donors (Lipinski definition) is 0. The second-order valence-corrected chi connectivity index (χ2v) is 24.2. The van der Waals surface area contributed by atoms with Gasteiger partial charge in [-0.25, -0.2) is 0 Å².